The largest absolute Gasteiger partial charge is 0.325 e. The lowest BCUT2D eigenvalue weighted by Gasteiger charge is -2.38. The lowest BCUT2D eigenvalue weighted by Crippen LogP contribution is -2.49. The number of hydrogen-bond donors (Lipinski definition) is 3. The number of Topliss-reactive ketones (excluding diaryl/α,β-unsaturated/α-hetero) is 1. The van der Waals surface area contributed by atoms with Gasteiger partial charge in [-0.25, -0.2) is 21.9 Å². The molecule has 4 atom stereocenters. The smallest absolute Gasteiger partial charge is 0.237 e. The summed E-state index contributed by atoms with van der Waals surface area (Å²) in [5.74, 6) is -3.30. The SMILES string of the molecule is CC(C)(C)C[C@H]1N[C@@H](C(=O)CC2CC(NS(C)(=O)=O)C2)[C@H](c2cccc(Cl)c2F)[C@@]12C(=O)Nc1cc(Cl)c(F)cc12. The molecule has 0 radical (unpaired) electrons. The van der Waals surface area contributed by atoms with E-state index in [9.17, 15) is 18.0 Å². The van der Waals surface area contributed by atoms with Crippen LogP contribution in [0.1, 0.15) is 63.5 Å². The van der Waals surface area contributed by atoms with Gasteiger partial charge in [0.05, 0.1) is 22.3 Å². The topological polar surface area (TPSA) is 104 Å². The van der Waals surface area contributed by atoms with Crippen molar-refractivity contribution in [3.05, 3.63) is 63.1 Å². The third-order valence-corrected chi connectivity index (χ3v) is 9.81. The average molecular weight is 629 g/mol. The lowest BCUT2D eigenvalue weighted by atomic mass is 9.62. The molecule has 12 heteroatoms. The summed E-state index contributed by atoms with van der Waals surface area (Å²) in [7, 11) is -3.37. The Morgan fingerprint density at radius 3 is 2.46 bits per heavy atom. The van der Waals surface area contributed by atoms with Crippen molar-refractivity contribution < 1.29 is 26.8 Å². The first-order valence-electron chi connectivity index (χ1n) is 13.5. The van der Waals surface area contributed by atoms with Crippen LogP contribution < -0.4 is 15.4 Å². The van der Waals surface area contributed by atoms with Crippen molar-refractivity contribution in [1.29, 1.82) is 0 Å². The molecule has 5 rings (SSSR count). The maximum Gasteiger partial charge on any atom is 0.237 e. The fourth-order valence-electron chi connectivity index (χ4n) is 6.93. The Labute approximate surface area is 248 Å². The maximum absolute atomic E-state index is 15.8. The Balaban J connectivity index is 1.62. The van der Waals surface area contributed by atoms with Crippen LogP contribution in [0.2, 0.25) is 10.0 Å². The highest BCUT2D eigenvalue weighted by atomic mass is 35.5. The lowest BCUT2D eigenvalue weighted by molar-refractivity contribution is -0.123. The average Bonchev–Trinajstić information content (AvgIpc) is 3.28. The quantitative estimate of drug-likeness (QED) is 0.386. The summed E-state index contributed by atoms with van der Waals surface area (Å²) in [6.07, 6.45) is 2.60. The third-order valence-electron chi connectivity index (χ3n) is 8.47. The Morgan fingerprint density at radius 1 is 1.15 bits per heavy atom. The second kappa shape index (κ2) is 10.6. The van der Waals surface area contributed by atoms with Gasteiger partial charge in [0.15, 0.2) is 5.78 Å². The number of anilines is 1. The zero-order chi connectivity index (χ0) is 30.1. The van der Waals surface area contributed by atoms with Crippen molar-refractivity contribution >= 4 is 50.6 Å². The van der Waals surface area contributed by atoms with Gasteiger partial charge in [-0.05, 0) is 59.9 Å². The van der Waals surface area contributed by atoms with Gasteiger partial charge >= 0.3 is 0 Å². The maximum atomic E-state index is 15.8. The minimum Gasteiger partial charge on any atom is -0.325 e. The van der Waals surface area contributed by atoms with E-state index in [4.69, 9.17) is 23.2 Å². The number of hydrogen-bond acceptors (Lipinski definition) is 5. The molecule has 2 fully saturated rings. The van der Waals surface area contributed by atoms with Crippen molar-refractivity contribution in [2.75, 3.05) is 11.6 Å². The molecule has 2 aromatic rings. The summed E-state index contributed by atoms with van der Waals surface area (Å²) in [4.78, 5) is 28.2. The highest BCUT2D eigenvalue weighted by molar-refractivity contribution is 7.88. The first-order valence-corrected chi connectivity index (χ1v) is 16.2. The minimum atomic E-state index is -3.37. The van der Waals surface area contributed by atoms with Crippen LogP contribution in [0.15, 0.2) is 30.3 Å². The highest BCUT2D eigenvalue weighted by Crippen LogP contribution is 2.57. The Kier molecular flexibility index (Phi) is 7.81. The zero-order valence-electron chi connectivity index (χ0n) is 23.2. The molecule has 1 saturated carbocycles. The van der Waals surface area contributed by atoms with Crippen LogP contribution >= 0.6 is 23.2 Å². The van der Waals surface area contributed by atoms with Crippen LogP contribution in [-0.4, -0.2) is 44.5 Å². The monoisotopic (exact) mass is 627 g/mol. The van der Waals surface area contributed by atoms with Gasteiger partial charge in [0, 0.05) is 30.1 Å². The molecule has 41 heavy (non-hydrogen) atoms. The van der Waals surface area contributed by atoms with E-state index in [1.165, 1.54) is 24.3 Å². The Hall–Kier alpha value is -2.11. The van der Waals surface area contributed by atoms with Crippen molar-refractivity contribution in [3.8, 4) is 0 Å². The van der Waals surface area contributed by atoms with Crippen LogP contribution in [0.5, 0.6) is 0 Å². The molecule has 1 aliphatic carbocycles. The molecule has 2 heterocycles. The molecule has 2 aromatic carbocycles. The van der Waals surface area contributed by atoms with E-state index in [0.717, 1.165) is 6.26 Å². The van der Waals surface area contributed by atoms with E-state index in [1.54, 1.807) is 6.07 Å². The summed E-state index contributed by atoms with van der Waals surface area (Å²) in [5, 5.41) is 5.91. The first-order chi connectivity index (χ1) is 19.0. The van der Waals surface area contributed by atoms with Crippen LogP contribution in [0.25, 0.3) is 0 Å². The minimum absolute atomic E-state index is 0.0769. The van der Waals surface area contributed by atoms with Crippen LogP contribution in [0.4, 0.5) is 14.5 Å². The standard InChI is InChI=1S/C29H33Cl2F2N3O4S/c1-28(2,3)13-23-29(17-11-20(32)19(31)12-21(17)34-27(29)38)24(16-6-5-7-18(30)25(16)33)26(35-23)22(37)10-14-8-15(9-14)36-41(4,39)40/h5-7,11-12,14-15,23-24,26,35-36H,8-10,13H2,1-4H3,(H,34,38)/t14?,15?,23-,24+,26+,29+/m1/s1. The number of ketones is 1. The molecule has 1 amide bonds. The van der Waals surface area contributed by atoms with Crippen molar-refractivity contribution in [3.63, 3.8) is 0 Å². The van der Waals surface area contributed by atoms with E-state index in [1.807, 2.05) is 20.8 Å². The predicted molar refractivity (Wildman–Crippen MR) is 155 cm³/mol. The van der Waals surface area contributed by atoms with Crippen LogP contribution in [-0.2, 0) is 25.0 Å². The molecular weight excluding hydrogens is 595 g/mol. The van der Waals surface area contributed by atoms with Gasteiger partial charge in [0.2, 0.25) is 15.9 Å². The Morgan fingerprint density at radius 2 is 1.83 bits per heavy atom. The summed E-state index contributed by atoms with van der Waals surface area (Å²) in [6.45, 7) is 5.98. The molecule has 222 valence electrons. The molecule has 0 unspecified atom stereocenters. The van der Waals surface area contributed by atoms with Gasteiger partial charge < -0.3 is 10.6 Å². The summed E-state index contributed by atoms with van der Waals surface area (Å²) < 4.78 is 56.6. The molecule has 0 bridgehead atoms. The highest BCUT2D eigenvalue weighted by Gasteiger charge is 2.66. The molecular formula is C29H33Cl2F2N3O4S. The van der Waals surface area contributed by atoms with Crippen molar-refractivity contribution in [2.24, 2.45) is 11.3 Å². The summed E-state index contributed by atoms with van der Waals surface area (Å²) in [6, 6.07) is 5.12. The molecule has 0 aromatic heterocycles. The number of amides is 1. The van der Waals surface area contributed by atoms with E-state index in [-0.39, 0.29) is 45.2 Å². The number of halogens is 4. The molecule has 1 spiro atoms. The second-order valence-corrected chi connectivity index (χ2v) is 15.4. The number of fused-ring (bicyclic) bond motifs is 2. The molecule has 3 N–H and O–H groups in total. The van der Waals surface area contributed by atoms with Gasteiger partial charge in [-0.3, -0.25) is 9.59 Å². The van der Waals surface area contributed by atoms with Crippen LogP contribution in [0, 0.1) is 23.0 Å². The number of rotatable bonds is 7. The van der Waals surface area contributed by atoms with E-state index >= 15 is 8.78 Å². The zero-order valence-corrected chi connectivity index (χ0v) is 25.5. The molecule has 1 saturated heterocycles. The number of carbonyl (C=O) groups excluding carboxylic acids is 2. The predicted octanol–water partition coefficient (Wildman–Crippen LogP) is 5.31. The Bertz CT molecular complexity index is 1520. The van der Waals surface area contributed by atoms with E-state index < -0.39 is 51.0 Å². The van der Waals surface area contributed by atoms with Gasteiger partial charge in [0.25, 0.3) is 0 Å². The number of carbonyl (C=O) groups is 2. The molecule has 2 aliphatic heterocycles. The summed E-state index contributed by atoms with van der Waals surface area (Å²) >= 11 is 12.3. The normalized spacial score (nSPS) is 29.4. The second-order valence-electron chi connectivity index (χ2n) is 12.8. The number of nitrogens with one attached hydrogen (secondary N) is 3. The van der Waals surface area contributed by atoms with Crippen molar-refractivity contribution in [2.45, 2.75) is 75.9 Å². The number of benzene rings is 2. The van der Waals surface area contributed by atoms with Crippen LogP contribution in [0.3, 0.4) is 0 Å². The summed E-state index contributed by atoms with van der Waals surface area (Å²) in [5.41, 5.74) is -1.15. The third kappa shape index (κ3) is 5.54. The fourth-order valence-corrected chi connectivity index (χ4v) is 8.07. The number of sulfonamides is 1. The van der Waals surface area contributed by atoms with Gasteiger partial charge in [-0.1, -0.05) is 56.1 Å². The van der Waals surface area contributed by atoms with Gasteiger partial charge in [0.1, 0.15) is 17.0 Å². The molecule has 3 aliphatic rings. The van der Waals surface area contributed by atoms with E-state index in [2.05, 4.69) is 15.4 Å². The van der Waals surface area contributed by atoms with Gasteiger partial charge in [-0.15, -0.1) is 0 Å². The van der Waals surface area contributed by atoms with Crippen molar-refractivity contribution in [1.82, 2.24) is 10.0 Å². The molecule has 7 nitrogen and oxygen atoms in total. The first kappa shape index (κ1) is 30.4. The fraction of sp³-hybridized carbons (Fsp3) is 0.517. The van der Waals surface area contributed by atoms with E-state index in [0.29, 0.717) is 30.5 Å². The van der Waals surface area contributed by atoms with Gasteiger partial charge in [-0.2, -0.15) is 0 Å².